The molecule has 88 valence electrons. The summed E-state index contributed by atoms with van der Waals surface area (Å²) in [7, 11) is 0. The summed E-state index contributed by atoms with van der Waals surface area (Å²) in [5.74, 6) is -0.258. The van der Waals surface area contributed by atoms with Crippen molar-refractivity contribution in [3.63, 3.8) is 0 Å². The molecule has 0 unspecified atom stereocenters. The Hall–Kier alpha value is -1.13. The van der Waals surface area contributed by atoms with E-state index in [1.807, 2.05) is 19.9 Å². The van der Waals surface area contributed by atoms with Gasteiger partial charge in [-0.05, 0) is 43.2 Å². The standard InChI is InChI=1S/C12H10ClFN2S/c1-7-8(2)12(16-15-11(7)13)17-10-5-3-4-9(14)6-10/h3-6H,1-2H3. The molecule has 0 saturated heterocycles. The van der Waals surface area contributed by atoms with Gasteiger partial charge in [0.15, 0.2) is 5.15 Å². The van der Waals surface area contributed by atoms with E-state index in [2.05, 4.69) is 10.2 Å². The summed E-state index contributed by atoms with van der Waals surface area (Å²) in [6.45, 7) is 3.82. The zero-order valence-electron chi connectivity index (χ0n) is 9.37. The lowest BCUT2D eigenvalue weighted by atomic mass is 10.2. The Morgan fingerprint density at radius 3 is 2.65 bits per heavy atom. The van der Waals surface area contributed by atoms with Gasteiger partial charge in [0.2, 0.25) is 0 Å². The van der Waals surface area contributed by atoms with Crippen LogP contribution in [0.1, 0.15) is 11.1 Å². The molecule has 0 bridgehead atoms. The Balaban J connectivity index is 2.34. The predicted octanol–water partition coefficient (Wildman–Crippen LogP) is 4.04. The monoisotopic (exact) mass is 268 g/mol. The normalized spacial score (nSPS) is 10.6. The third-order valence-corrected chi connectivity index (χ3v) is 3.86. The maximum absolute atomic E-state index is 13.0. The number of rotatable bonds is 2. The van der Waals surface area contributed by atoms with Crippen LogP contribution in [0.15, 0.2) is 34.2 Å². The number of aromatic nitrogens is 2. The van der Waals surface area contributed by atoms with Gasteiger partial charge in [-0.3, -0.25) is 0 Å². The predicted molar refractivity (Wildman–Crippen MR) is 67.0 cm³/mol. The van der Waals surface area contributed by atoms with Gasteiger partial charge in [0.1, 0.15) is 10.8 Å². The Morgan fingerprint density at radius 2 is 1.94 bits per heavy atom. The van der Waals surface area contributed by atoms with Gasteiger partial charge in [-0.1, -0.05) is 29.4 Å². The third kappa shape index (κ3) is 2.76. The lowest BCUT2D eigenvalue weighted by Gasteiger charge is -2.07. The lowest BCUT2D eigenvalue weighted by Crippen LogP contribution is -1.95. The molecule has 0 saturated carbocycles. The summed E-state index contributed by atoms with van der Waals surface area (Å²) in [4.78, 5) is 0.795. The summed E-state index contributed by atoms with van der Waals surface area (Å²) >= 11 is 7.25. The highest BCUT2D eigenvalue weighted by Gasteiger charge is 2.09. The van der Waals surface area contributed by atoms with E-state index < -0.39 is 0 Å². The molecule has 0 spiro atoms. The number of hydrogen-bond donors (Lipinski definition) is 0. The van der Waals surface area contributed by atoms with Gasteiger partial charge >= 0.3 is 0 Å². The zero-order chi connectivity index (χ0) is 12.4. The van der Waals surface area contributed by atoms with Crippen molar-refractivity contribution in [3.05, 3.63) is 46.4 Å². The van der Waals surface area contributed by atoms with E-state index in [9.17, 15) is 4.39 Å². The second-order valence-electron chi connectivity index (χ2n) is 3.61. The van der Waals surface area contributed by atoms with Crippen LogP contribution >= 0.6 is 23.4 Å². The minimum Gasteiger partial charge on any atom is -0.207 e. The molecule has 0 radical (unpaired) electrons. The van der Waals surface area contributed by atoms with Crippen molar-refractivity contribution in [2.75, 3.05) is 0 Å². The molecule has 5 heteroatoms. The van der Waals surface area contributed by atoms with Crippen LogP contribution in [-0.4, -0.2) is 10.2 Å². The van der Waals surface area contributed by atoms with Gasteiger partial charge in [0.05, 0.1) is 0 Å². The smallest absolute Gasteiger partial charge is 0.154 e. The van der Waals surface area contributed by atoms with E-state index in [1.165, 1.54) is 23.9 Å². The zero-order valence-corrected chi connectivity index (χ0v) is 10.9. The Kier molecular flexibility index (Phi) is 3.64. The van der Waals surface area contributed by atoms with Crippen LogP contribution in [-0.2, 0) is 0 Å². The van der Waals surface area contributed by atoms with Crippen molar-refractivity contribution in [1.82, 2.24) is 10.2 Å². The molecule has 0 aliphatic rings. The fourth-order valence-corrected chi connectivity index (χ4v) is 2.40. The fourth-order valence-electron chi connectivity index (χ4n) is 1.29. The van der Waals surface area contributed by atoms with Crippen LogP contribution in [0, 0.1) is 19.7 Å². The molecule has 1 aromatic heterocycles. The van der Waals surface area contributed by atoms with Crippen molar-refractivity contribution in [1.29, 1.82) is 0 Å². The number of hydrogen-bond acceptors (Lipinski definition) is 3. The van der Waals surface area contributed by atoms with E-state index in [0.29, 0.717) is 5.15 Å². The molecule has 2 nitrogen and oxygen atoms in total. The van der Waals surface area contributed by atoms with Gasteiger partial charge < -0.3 is 0 Å². The van der Waals surface area contributed by atoms with Crippen LogP contribution in [0.4, 0.5) is 4.39 Å². The molecule has 0 amide bonds. The van der Waals surface area contributed by atoms with Gasteiger partial charge in [-0.2, -0.15) is 0 Å². The van der Waals surface area contributed by atoms with Crippen molar-refractivity contribution < 1.29 is 4.39 Å². The molecule has 0 atom stereocenters. The van der Waals surface area contributed by atoms with E-state index in [0.717, 1.165) is 21.0 Å². The second kappa shape index (κ2) is 5.02. The van der Waals surface area contributed by atoms with Crippen molar-refractivity contribution in [2.24, 2.45) is 0 Å². The number of benzene rings is 1. The van der Waals surface area contributed by atoms with Gasteiger partial charge in [0, 0.05) is 4.90 Å². The Bertz CT molecular complexity index is 560. The van der Waals surface area contributed by atoms with E-state index in [-0.39, 0.29) is 5.82 Å². The Labute approximate surface area is 108 Å². The maximum atomic E-state index is 13.0. The van der Waals surface area contributed by atoms with Crippen molar-refractivity contribution >= 4 is 23.4 Å². The van der Waals surface area contributed by atoms with Crippen molar-refractivity contribution in [2.45, 2.75) is 23.8 Å². The first-order valence-electron chi connectivity index (χ1n) is 5.00. The molecule has 0 fully saturated rings. The van der Waals surface area contributed by atoms with E-state index >= 15 is 0 Å². The molecule has 1 aromatic carbocycles. The average molecular weight is 269 g/mol. The number of halogens is 2. The highest BCUT2D eigenvalue weighted by atomic mass is 35.5. The highest BCUT2D eigenvalue weighted by Crippen LogP contribution is 2.31. The minimum atomic E-state index is -0.258. The molecule has 1 heterocycles. The van der Waals surface area contributed by atoms with Crippen LogP contribution in [0.3, 0.4) is 0 Å². The maximum Gasteiger partial charge on any atom is 0.154 e. The second-order valence-corrected chi connectivity index (χ2v) is 5.03. The Morgan fingerprint density at radius 1 is 1.18 bits per heavy atom. The summed E-state index contributed by atoms with van der Waals surface area (Å²) in [6.07, 6.45) is 0. The fraction of sp³-hybridized carbons (Fsp3) is 0.167. The van der Waals surface area contributed by atoms with Gasteiger partial charge in [0.25, 0.3) is 0 Å². The van der Waals surface area contributed by atoms with E-state index in [1.54, 1.807) is 6.07 Å². The lowest BCUT2D eigenvalue weighted by molar-refractivity contribution is 0.624. The molecular formula is C12H10ClFN2S. The van der Waals surface area contributed by atoms with Crippen molar-refractivity contribution in [3.8, 4) is 0 Å². The summed E-state index contributed by atoms with van der Waals surface area (Å²) in [6, 6.07) is 6.38. The summed E-state index contributed by atoms with van der Waals surface area (Å²) < 4.78 is 13.0. The molecule has 0 aliphatic carbocycles. The molecule has 2 aromatic rings. The topological polar surface area (TPSA) is 25.8 Å². The first kappa shape index (κ1) is 12.3. The van der Waals surface area contributed by atoms with Crippen LogP contribution in [0.25, 0.3) is 0 Å². The molecule has 17 heavy (non-hydrogen) atoms. The first-order chi connectivity index (χ1) is 8.08. The SMILES string of the molecule is Cc1c(Cl)nnc(Sc2cccc(F)c2)c1C. The third-order valence-electron chi connectivity index (χ3n) is 2.43. The molecule has 2 rings (SSSR count). The van der Waals surface area contributed by atoms with E-state index in [4.69, 9.17) is 11.6 Å². The largest absolute Gasteiger partial charge is 0.207 e. The summed E-state index contributed by atoms with van der Waals surface area (Å²) in [5.41, 5.74) is 1.87. The first-order valence-corrected chi connectivity index (χ1v) is 6.20. The minimum absolute atomic E-state index is 0.258. The number of nitrogens with zero attached hydrogens (tertiary/aromatic N) is 2. The van der Waals surface area contributed by atoms with Crippen LogP contribution < -0.4 is 0 Å². The molecule has 0 N–H and O–H groups in total. The van der Waals surface area contributed by atoms with Crippen LogP contribution in [0.2, 0.25) is 5.15 Å². The highest BCUT2D eigenvalue weighted by molar-refractivity contribution is 7.99. The molecular weight excluding hydrogens is 259 g/mol. The quantitative estimate of drug-likeness (QED) is 0.822. The van der Waals surface area contributed by atoms with Crippen LogP contribution in [0.5, 0.6) is 0 Å². The summed E-state index contributed by atoms with van der Waals surface area (Å²) in [5, 5.41) is 9.04. The van der Waals surface area contributed by atoms with Gasteiger partial charge in [-0.15, -0.1) is 10.2 Å². The van der Waals surface area contributed by atoms with Gasteiger partial charge in [-0.25, -0.2) is 4.39 Å². The molecule has 0 aliphatic heterocycles. The average Bonchev–Trinajstić information content (AvgIpc) is 2.30.